The maximum absolute atomic E-state index is 10.4. The highest BCUT2D eigenvalue weighted by Gasteiger charge is 2.03. The molecule has 0 unspecified atom stereocenters. The van der Waals surface area contributed by atoms with Crippen molar-refractivity contribution in [2.45, 2.75) is 6.42 Å². The summed E-state index contributed by atoms with van der Waals surface area (Å²) < 4.78 is 0. The monoisotopic (exact) mass is 240 g/mol. The molecule has 0 atom stereocenters. The third kappa shape index (κ3) is 3.77. The minimum atomic E-state index is -0.419. The summed E-state index contributed by atoms with van der Waals surface area (Å²) in [6.45, 7) is 0. The van der Waals surface area contributed by atoms with Gasteiger partial charge in [0.15, 0.2) is 5.17 Å². The molecule has 0 saturated carbocycles. The van der Waals surface area contributed by atoms with Crippen LogP contribution in [0.3, 0.4) is 0 Å². The zero-order valence-electron chi connectivity index (χ0n) is 8.50. The number of amidine groups is 1. The summed E-state index contributed by atoms with van der Waals surface area (Å²) in [7, 11) is 0. The number of hydrogen-bond donors (Lipinski definition) is 2. The van der Waals surface area contributed by atoms with Crippen LogP contribution in [0.2, 0.25) is 0 Å². The van der Waals surface area contributed by atoms with Gasteiger partial charge in [-0.25, -0.2) is 0 Å². The van der Waals surface area contributed by atoms with E-state index in [0.29, 0.717) is 5.17 Å². The Kier molecular flexibility index (Phi) is 4.59. The zero-order chi connectivity index (χ0) is 12.0. The molecular formula is C9H12N4O2S. The predicted molar refractivity (Wildman–Crippen MR) is 65.1 cm³/mol. The van der Waals surface area contributed by atoms with Crippen LogP contribution >= 0.6 is 11.8 Å². The van der Waals surface area contributed by atoms with Gasteiger partial charge in [0.1, 0.15) is 0 Å². The van der Waals surface area contributed by atoms with Gasteiger partial charge in [-0.15, -0.1) is 0 Å². The Labute approximate surface area is 96.8 Å². The van der Waals surface area contributed by atoms with Crippen LogP contribution in [0.15, 0.2) is 29.4 Å². The Hall–Kier alpha value is -1.76. The molecule has 0 fully saturated rings. The lowest BCUT2D eigenvalue weighted by molar-refractivity contribution is -0.384. The molecule has 0 aliphatic rings. The van der Waals surface area contributed by atoms with Gasteiger partial charge in [-0.05, 0) is 12.0 Å². The van der Waals surface area contributed by atoms with Gasteiger partial charge in [-0.1, -0.05) is 23.9 Å². The van der Waals surface area contributed by atoms with Crippen LogP contribution < -0.4 is 11.6 Å². The minimum Gasteiger partial charge on any atom is -0.377 e. The van der Waals surface area contributed by atoms with E-state index < -0.39 is 4.92 Å². The number of nitrogens with two attached hydrogens (primary N) is 2. The van der Waals surface area contributed by atoms with Crippen LogP contribution in [0.4, 0.5) is 5.69 Å². The first-order valence-corrected chi connectivity index (χ1v) is 5.51. The van der Waals surface area contributed by atoms with Crippen LogP contribution in [0, 0.1) is 10.1 Å². The Bertz CT molecular complexity index is 391. The number of nitro groups is 1. The molecule has 4 N–H and O–H groups in total. The van der Waals surface area contributed by atoms with Crippen LogP contribution in [-0.4, -0.2) is 15.8 Å². The summed E-state index contributed by atoms with van der Waals surface area (Å²) in [4.78, 5) is 9.99. The molecule has 1 aromatic rings. The van der Waals surface area contributed by atoms with E-state index in [9.17, 15) is 10.1 Å². The average molecular weight is 240 g/mol. The maximum atomic E-state index is 10.4. The van der Waals surface area contributed by atoms with Crippen molar-refractivity contribution in [1.82, 2.24) is 0 Å². The highest BCUT2D eigenvalue weighted by atomic mass is 32.2. The fourth-order valence-corrected chi connectivity index (χ4v) is 1.72. The number of rotatable bonds is 4. The first kappa shape index (κ1) is 12.3. The van der Waals surface area contributed by atoms with Crippen molar-refractivity contribution >= 4 is 22.6 Å². The van der Waals surface area contributed by atoms with E-state index in [2.05, 4.69) is 5.10 Å². The van der Waals surface area contributed by atoms with Gasteiger partial charge in [0.25, 0.3) is 5.69 Å². The quantitative estimate of drug-likeness (QED) is 0.269. The van der Waals surface area contributed by atoms with E-state index >= 15 is 0 Å². The van der Waals surface area contributed by atoms with E-state index in [4.69, 9.17) is 11.6 Å². The van der Waals surface area contributed by atoms with Crippen LogP contribution in [-0.2, 0) is 6.42 Å². The molecule has 0 bridgehead atoms. The number of hydrogen-bond acceptors (Lipinski definition) is 5. The first-order chi connectivity index (χ1) is 7.63. The third-order valence-electron chi connectivity index (χ3n) is 1.92. The van der Waals surface area contributed by atoms with Crippen LogP contribution in [0.25, 0.3) is 0 Å². The molecule has 0 heterocycles. The number of non-ortho nitro benzene ring substituents is 1. The number of benzene rings is 1. The Morgan fingerprint density at radius 3 is 2.56 bits per heavy atom. The normalized spacial score (nSPS) is 11.4. The second kappa shape index (κ2) is 5.96. The number of nitro benzene ring substituents is 1. The zero-order valence-corrected chi connectivity index (χ0v) is 9.31. The smallest absolute Gasteiger partial charge is 0.269 e. The van der Waals surface area contributed by atoms with Gasteiger partial charge in [-0.3, -0.25) is 10.1 Å². The largest absolute Gasteiger partial charge is 0.377 e. The Morgan fingerprint density at radius 1 is 1.44 bits per heavy atom. The van der Waals surface area contributed by atoms with Crippen molar-refractivity contribution < 1.29 is 4.92 Å². The molecule has 16 heavy (non-hydrogen) atoms. The van der Waals surface area contributed by atoms with E-state index in [1.165, 1.54) is 23.9 Å². The van der Waals surface area contributed by atoms with E-state index in [0.717, 1.165) is 17.7 Å². The van der Waals surface area contributed by atoms with E-state index in [1.54, 1.807) is 12.1 Å². The van der Waals surface area contributed by atoms with Gasteiger partial charge in [0.2, 0.25) is 0 Å². The fraction of sp³-hybridized carbons (Fsp3) is 0.222. The van der Waals surface area contributed by atoms with Crippen molar-refractivity contribution in [2.24, 2.45) is 16.7 Å². The summed E-state index contributed by atoms with van der Waals surface area (Å²) in [5, 5.41) is 14.1. The summed E-state index contributed by atoms with van der Waals surface area (Å²) in [5.41, 5.74) is 6.51. The SMILES string of the molecule is NN=C(N)SCCc1ccc([N+](=O)[O-])cc1. The molecule has 0 amide bonds. The second-order valence-electron chi connectivity index (χ2n) is 2.99. The molecule has 1 aromatic carbocycles. The van der Waals surface area contributed by atoms with Crippen molar-refractivity contribution in [1.29, 1.82) is 0 Å². The van der Waals surface area contributed by atoms with Crippen LogP contribution in [0.1, 0.15) is 5.56 Å². The lowest BCUT2D eigenvalue weighted by atomic mass is 10.1. The lowest BCUT2D eigenvalue weighted by Crippen LogP contribution is -2.10. The topological polar surface area (TPSA) is 108 Å². The maximum Gasteiger partial charge on any atom is 0.269 e. The molecule has 0 aliphatic carbocycles. The molecule has 7 heteroatoms. The molecule has 0 aliphatic heterocycles. The average Bonchev–Trinajstić information content (AvgIpc) is 2.29. The summed E-state index contributed by atoms with van der Waals surface area (Å²) in [5.74, 6) is 5.71. The highest BCUT2D eigenvalue weighted by molar-refractivity contribution is 8.13. The van der Waals surface area contributed by atoms with Crippen molar-refractivity contribution in [2.75, 3.05) is 5.75 Å². The molecule has 86 valence electrons. The lowest BCUT2D eigenvalue weighted by Gasteiger charge is -2.00. The standard InChI is InChI=1S/C9H12N4O2S/c10-9(12-11)16-6-5-7-1-3-8(4-2-7)13(14)15/h1-4H,5-6,11H2,(H2,10,12). The summed E-state index contributed by atoms with van der Waals surface area (Å²) in [6.07, 6.45) is 0.763. The van der Waals surface area contributed by atoms with E-state index in [1.807, 2.05) is 0 Å². The molecule has 0 saturated heterocycles. The first-order valence-electron chi connectivity index (χ1n) is 4.53. The Morgan fingerprint density at radius 2 is 2.06 bits per heavy atom. The second-order valence-corrected chi connectivity index (χ2v) is 4.10. The highest BCUT2D eigenvalue weighted by Crippen LogP contribution is 2.13. The summed E-state index contributed by atoms with van der Waals surface area (Å²) in [6, 6.07) is 6.43. The summed E-state index contributed by atoms with van der Waals surface area (Å²) >= 11 is 1.35. The number of nitrogens with zero attached hydrogens (tertiary/aromatic N) is 2. The van der Waals surface area contributed by atoms with Gasteiger partial charge in [0, 0.05) is 17.9 Å². The number of thioether (sulfide) groups is 1. The van der Waals surface area contributed by atoms with Gasteiger partial charge in [-0.2, -0.15) is 5.10 Å². The van der Waals surface area contributed by atoms with Crippen molar-refractivity contribution in [3.63, 3.8) is 0 Å². The Balaban J connectivity index is 2.47. The van der Waals surface area contributed by atoms with E-state index in [-0.39, 0.29) is 5.69 Å². The van der Waals surface area contributed by atoms with Gasteiger partial charge in [0.05, 0.1) is 4.92 Å². The van der Waals surface area contributed by atoms with Gasteiger partial charge < -0.3 is 11.6 Å². The van der Waals surface area contributed by atoms with Crippen molar-refractivity contribution in [3.05, 3.63) is 39.9 Å². The fourth-order valence-electron chi connectivity index (χ4n) is 1.10. The van der Waals surface area contributed by atoms with Crippen LogP contribution in [0.5, 0.6) is 0 Å². The molecule has 0 spiro atoms. The molecule has 6 nitrogen and oxygen atoms in total. The predicted octanol–water partition coefficient (Wildman–Crippen LogP) is 1.06. The number of aryl methyl sites for hydroxylation is 1. The molecule has 1 rings (SSSR count). The molecule has 0 aromatic heterocycles. The van der Waals surface area contributed by atoms with Gasteiger partial charge >= 0.3 is 0 Å². The molecule has 0 radical (unpaired) electrons. The van der Waals surface area contributed by atoms with Crippen molar-refractivity contribution in [3.8, 4) is 0 Å². The molecular weight excluding hydrogens is 228 g/mol. The minimum absolute atomic E-state index is 0.0967. The third-order valence-corrected chi connectivity index (χ3v) is 2.72. The number of hydrazone groups is 1.